The van der Waals surface area contributed by atoms with E-state index in [0.29, 0.717) is 18.0 Å². The summed E-state index contributed by atoms with van der Waals surface area (Å²) in [6.45, 7) is 7.14. The second kappa shape index (κ2) is 13.8. The lowest BCUT2D eigenvalue weighted by molar-refractivity contribution is -0.274. The van der Waals surface area contributed by atoms with Crippen molar-refractivity contribution in [1.82, 2.24) is 15.8 Å². The van der Waals surface area contributed by atoms with Crippen LogP contribution >= 0.6 is 0 Å². The summed E-state index contributed by atoms with van der Waals surface area (Å²) in [7, 11) is 0. The van der Waals surface area contributed by atoms with Crippen molar-refractivity contribution in [2.45, 2.75) is 78.2 Å². The average Bonchev–Trinajstić information content (AvgIpc) is 2.92. The van der Waals surface area contributed by atoms with Crippen molar-refractivity contribution in [3.63, 3.8) is 0 Å². The SMILES string of the molecule is CCC(C)(C)C1CCC(N(Cc2ccc(C(=O)NCCC(=O)O)cc2)NC(=O)c2ccc(OC(F)(F)F)cc2)CC1. The number of hydrogen-bond donors (Lipinski definition) is 3. The normalized spacial score (nSPS) is 17.6. The molecular formula is C30H38F3N3O5. The van der Waals surface area contributed by atoms with Crippen LogP contribution in [-0.2, 0) is 11.3 Å². The van der Waals surface area contributed by atoms with E-state index in [1.54, 1.807) is 24.3 Å². The number of hydrazine groups is 1. The minimum atomic E-state index is -4.82. The number of aliphatic carboxylic acids is 1. The number of halogens is 3. The molecule has 1 aliphatic carbocycles. The third-order valence-electron chi connectivity index (χ3n) is 7.94. The van der Waals surface area contributed by atoms with Crippen molar-refractivity contribution in [2.75, 3.05) is 6.54 Å². The maximum Gasteiger partial charge on any atom is 0.573 e. The smallest absolute Gasteiger partial charge is 0.481 e. The lowest BCUT2D eigenvalue weighted by Gasteiger charge is -2.42. The highest BCUT2D eigenvalue weighted by Gasteiger charge is 2.34. The van der Waals surface area contributed by atoms with Crippen LogP contribution in [0.1, 0.15) is 85.6 Å². The Morgan fingerprint density at radius 2 is 1.49 bits per heavy atom. The van der Waals surface area contributed by atoms with Gasteiger partial charge in [0.05, 0.1) is 6.42 Å². The molecule has 0 radical (unpaired) electrons. The van der Waals surface area contributed by atoms with Gasteiger partial charge in [0.25, 0.3) is 11.8 Å². The first-order valence-electron chi connectivity index (χ1n) is 13.8. The van der Waals surface area contributed by atoms with Gasteiger partial charge in [-0.1, -0.05) is 39.3 Å². The van der Waals surface area contributed by atoms with Gasteiger partial charge in [-0.15, -0.1) is 13.2 Å². The molecule has 8 nitrogen and oxygen atoms in total. The van der Waals surface area contributed by atoms with E-state index >= 15 is 0 Å². The lowest BCUT2D eigenvalue weighted by atomic mass is 9.69. The molecule has 3 N–H and O–H groups in total. The third-order valence-corrected chi connectivity index (χ3v) is 7.94. The van der Waals surface area contributed by atoms with Gasteiger partial charge >= 0.3 is 12.3 Å². The summed E-state index contributed by atoms with van der Waals surface area (Å²) in [4.78, 5) is 36.1. The van der Waals surface area contributed by atoms with Gasteiger partial charge in [-0.25, -0.2) is 5.01 Å². The zero-order chi connectivity index (χ0) is 30.2. The number of nitrogens with one attached hydrogen (secondary N) is 2. The number of ether oxygens (including phenoxy) is 1. The van der Waals surface area contributed by atoms with Crippen LogP contribution in [0.3, 0.4) is 0 Å². The maximum absolute atomic E-state index is 13.1. The molecule has 0 unspecified atom stereocenters. The van der Waals surface area contributed by atoms with Crippen LogP contribution in [0.2, 0.25) is 0 Å². The Morgan fingerprint density at radius 3 is 2.02 bits per heavy atom. The van der Waals surface area contributed by atoms with E-state index in [2.05, 4.69) is 36.3 Å². The van der Waals surface area contributed by atoms with Gasteiger partial charge in [-0.05, 0) is 79.0 Å². The fourth-order valence-electron chi connectivity index (χ4n) is 5.06. The second-order valence-corrected chi connectivity index (χ2v) is 11.1. The van der Waals surface area contributed by atoms with Crippen LogP contribution in [-0.4, -0.2) is 46.8 Å². The Morgan fingerprint density at radius 1 is 0.927 bits per heavy atom. The largest absolute Gasteiger partial charge is 0.573 e. The van der Waals surface area contributed by atoms with Crippen LogP contribution < -0.4 is 15.5 Å². The summed E-state index contributed by atoms with van der Waals surface area (Å²) < 4.78 is 41.4. The van der Waals surface area contributed by atoms with Crippen molar-refractivity contribution in [2.24, 2.45) is 11.3 Å². The van der Waals surface area contributed by atoms with E-state index in [1.165, 1.54) is 12.1 Å². The number of rotatable bonds is 12. The molecule has 2 amide bonds. The first kappa shape index (κ1) is 31.9. The molecule has 0 aromatic heterocycles. The topological polar surface area (TPSA) is 108 Å². The number of hydrogen-bond acceptors (Lipinski definition) is 5. The predicted octanol–water partition coefficient (Wildman–Crippen LogP) is 5.93. The van der Waals surface area contributed by atoms with Crippen LogP contribution in [0.5, 0.6) is 5.75 Å². The van der Waals surface area contributed by atoms with Crippen LogP contribution in [0.25, 0.3) is 0 Å². The molecule has 1 saturated carbocycles. The number of carboxylic acids is 1. The van der Waals surface area contributed by atoms with Crippen molar-refractivity contribution in [3.8, 4) is 5.75 Å². The summed E-state index contributed by atoms with van der Waals surface area (Å²) in [6.07, 6.45) is -0.150. The van der Waals surface area contributed by atoms with Crippen LogP contribution in [0.4, 0.5) is 13.2 Å². The molecule has 2 aromatic rings. The molecule has 11 heteroatoms. The van der Waals surface area contributed by atoms with Gasteiger partial charge in [0.15, 0.2) is 0 Å². The van der Waals surface area contributed by atoms with E-state index < -0.39 is 24.0 Å². The lowest BCUT2D eigenvalue weighted by Crippen LogP contribution is -2.49. The van der Waals surface area contributed by atoms with Crippen molar-refractivity contribution < 1.29 is 37.4 Å². The van der Waals surface area contributed by atoms with Crippen LogP contribution in [0.15, 0.2) is 48.5 Å². The zero-order valence-electron chi connectivity index (χ0n) is 23.6. The maximum atomic E-state index is 13.1. The molecule has 3 rings (SSSR count). The number of carbonyl (C=O) groups excluding carboxylic acids is 2. The van der Waals surface area contributed by atoms with Crippen LogP contribution in [0, 0.1) is 11.3 Å². The molecule has 0 heterocycles. The number of amides is 2. The Bertz CT molecular complexity index is 1180. The Balaban J connectivity index is 1.72. The van der Waals surface area contributed by atoms with Gasteiger partial charge < -0.3 is 15.2 Å². The van der Waals surface area contributed by atoms with E-state index in [1.807, 2.05) is 5.01 Å². The Labute approximate surface area is 238 Å². The van der Waals surface area contributed by atoms with E-state index in [4.69, 9.17) is 5.11 Å². The third kappa shape index (κ3) is 9.77. The molecular weight excluding hydrogens is 539 g/mol. The summed E-state index contributed by atoms with van der Waals surface area (Å²) >= 11 is 0. The molecule has 41 heavy (non-hydrogen) atoms. The Hall–Kier alpha value is -3.60. The minimum absolute atomic E-state index is 0.0244. The fraction of sp³-hybridized carbons (Fsp3) is 0.500. The van der Waals surface area contributed by atoms with E-state index in [-0.39, 0.29) is 35.9 Å². The zero-order valence-corrected chi connectivity index (χ0v) is 23.6. The summed E-state index contributed by atoms with van der Waals surface area (Å²) in [5.74, 6) is -1.66. The second-order valence-electron chi connectivity index (χ2n) is 11.1. The average molecular weight is 578 g/mol. The Kier molecular flexibility index (Phi) is 10.8. The summed E-state index contributed by atoms with van der Waals surface area (Å²) in [5, 5.41) is 13.2. The molecule has 0 atom stereocenters. The molecule has 0 saturated heterocycles. The van der Waals surface area contributed by atoms with Crippen molar-refractivity contribution in [1.29, 1.82) is 0 Å². The molecule has 1 fully saturated rings. The summed E-state index contributed by atoms with van der Waals surface area (Å²) in [6, 6.07) is 11.7. The highest BCUT2D eigenvalue weighted by Crippen LogP contribution is 2.41. The number of carbonyl (C=O) groups is 3. The van der Waals surface area contributed by atoms with Crippen molar-refractivity contribution >= 4 is 17.8 Å². The number of alkyl halides is 3. The predicted molar refractivity (Wildman–Crippen MR) is 147 cm³/mol. The minimum Gasteiger partial charge on any atom is -0.481 e. The monoisotopic (exact) mass is 577 g/mol. The van der Waals surface area contributed by atoms with Gasteiger partial charge in [-0.2, -0.15) is 0 Å². The molecule has 0 bridgehead atoms. The molecule has 0 spiro atoms. The van der Waals surface area contributed by atoms with Gasteiger partial charge in [0, 0.05) is 30.3 Å². The quantitative estimate of drug-likeness (QED) is 0.270. The fourth-order valence-corrected chi connectivity index (χ4v) is 5.06. The highest BCUT2D eigenvalue weighted by molar-refractivity contribution is 5.94. The standard InChI is InChI=1S/C30H38F3N3O5/c1-4-29(2,3)23-11-13-24(14-12-23)36(35-28(40)22-9-15-25(16-10-22)41-30(31,32)33)19-20-5-7-21(8-6-20)27(39)34-18-17-26(37)38/h5-10,15-16,23-24H,4,11-14,17-19H2,1-3H3,(H,34,39)(H,35,40)(H,37,38). The molecule has 2 aromatic carbocycles. The number of nitrogens with zero attached hydrogens (tertiary/aromatic N) is 1. The number of carboxylic acid groups (broad SMARTS) is 1. The number of benzene rings is 2. The van der Waals surface area contributed by atoms with Gasteiger partial charge in [0.1, 0.15) is 5.75 Å². The molecule has 0 aliphatic heterocycles. The first-order chi connectivity index (χ1) is 19.3. The molecule has 224 valence electrons. The van der Waals surface area contributed by atoms with Crippen molar-refractivity contribution in [3.05, 3.63) is 65.2 Å². The highest BCUT2D eigenvalue weighted by atomic mass is 19.4. The van der Waals surface area contributed by atoms with Gasteiger partial charge in [-0.3, -0.25) is 19.8 Å². The van der Waals surface area contributed by atoms with Gasteiger partial charge in [0.2, 0.25) is 0 Å². The first-order valence-corrected chi connectivity index (χ1v) is 13.8. The van der Waals surface area contributed by atoms with E-state index in [0.717, 1.165) is 49.8 Å². The van der Waals surface area contributed by atoms with E-state index in [9.17, 15) is 27.6 Å². The molecule has 1 aliphatic rings. The summed E-state index contributed by atoms with van der Waals surface area (Å²) in [5.41, 5.74) is 4.61.